The fraction of sp³-hybridized carbons (Fsp3) is 0.333. The Morgan fingerprint density at radius 1 is 1.62 bits per heavy atom. The number of nitrogen functional groups attached to an aromatic ring is 1. The zero-order chi connectivity index (χ0) is 12.0. The minimum Gasteiger partial charge on any atom is -0.397 e. The lowest BCUT2D eigenvalue weighted by Crippen LogP contribution is -2.20. The molecule has 84 valence electrons. The number of hydrogen-bond acceptors (Lipinski definition) is 3. The number of nitrogens with one attached hydrogen (secondary N) is 1. The van der Waals surface area contributed by atoms with Gasteiger partial charge in [0.15, 0.2) is 0 Å². The van der Waals surface area contributed by atoms with E-state index >= 15 is 0 Å². The molecule has 1 amide bonds. The number of nitrogens with two attached hydrogens (primary N) is 1. The third-order valence-corrected chi connectivity index (χ3v) is 1.98. The first-order chi connectivity index (χ1) is 7.59. The van der Waals surface area contributed by atoms with Gasteiger partial charge in [-0.25, -0.2) is 0 Å². The summed E-state index contributed by atoms with van der Waals surface area (Å²) in [5.41, 5.74) is 7.96. The van der Waals surface area contributed by atoms with Crippen molar-refractivity contribution < 1.29 is 4.79 Å². The van der Waals surface area contributed by atoms with E-state index < -0.39 is 0 Å². The fourth-order valence-electron chi connectivity index (χ4n) is 1.08. The topological polar surface area (TPSA) is 68.0 Å². The molecule has 1 heterocycles. The number of carbonyl (C=O) groups is 1. The number of rotatable bonds is 2. The summed E-state index contributed by atoms with van der Waals surface area (Å²) in [5.74, 6) is 5.85. The summed E-state index contributed by atoms with van der Waals surface area (Å²) in [6, 6.07) is 1.80. The van der Waals surface area contributed by atoms with Gasteiger partial charge in [-0.1, -0.05) is 11.8 Å². The third kappa shape index (κ3) is 4.01. The molecule has 0 unspecified atom stereocenters. The minimum atomic E-state index is -0.0388. The second kappa shape index (κ2) is 5.76. The van der Waals surface area contributed by atoms with Crippen LogP contribution in [0.25, 0.3) is 0 Å². The summed E-state index contributed by atoms with van der Waals surface area (Å²) in [6.45, 7) is 3.90. The summed E-state index contributed by atoms with van der Waals surface area (Å²) in [4.78, 5) is 14.7. The number of carbonyl (C=O) groups excluding carboxylic acids is 1. The van der Waals surface area contributed by atoms with Gasteiger partial charge in [0.25, 0.3) is 0 Å². The Morgan fingerprint density at radius 3 is 3.00 bits per heavy atom. The number of anilines is 1. The Bertz CT molecular complexity index is 443. The Labute approximate surface area is 95.3 Å². The van der Waals surface area contributed by atoms with Crippen molar-refractivity contribution in [1.82, 2.24) is 10.3 Å². The summed E-state index contributed by atoms with van der Waals surface area (Å²) in [5, 5.41) is 2.67. The van der Waals surface area contributed by atoms with E-state index in [4.69, 9.17) is 5.73 Å². The van der Waals surface area contributed by atoms with Gasteiger partial charge in [0.1, 0.15) is 0 Å². The second-order valence-electron chi connectivity index (χ2n) is 3.43. The number of aromatic nitrogens is 1. The maximum Gasteiger partial charge on any atom is 0.216 e. The molecule has 0 fully saturated rings. The zero-order valence-electron chi connectivity index (χ0n) is 9.50. The van der Waals surface area contributed by atoms with Crippen LogP contribution in [0.3, 0.4) is 0 Å². The van der Waals surface area contributed by atoms with Crippen LogP contribution < -0.4 is 11.1 Å². The first kappa shape index (κ1) is 12.1. The maximum absolute atomic E-state index is 10.6. The molecule has 4 nitrogen and oxygen atoms in total. The highest BCUT2D eigenvalue weighted by molar-refractivity contribution is 5.72. The Balaban J connectivity index is 2.50. The van der Waals surface area contributed by atoms with Crippen molar-refractivity contribution in [2.24, 2.45) is 0 Å². The number of hydrogen-bond donors (Lipinski definition) is 2. The first-order valence-electron chi connectivity index (χ1n) is 5.05. The molecule has 1 rings (SSSR count). The van der Waals surface area contributed by atoms with Crippen molar-refractivity contribution in [2.45, 2.75) is 20.3 Å². The van der Waals surface area contributed by atoms with Crippen LogP contribution in [0.2, 0.25) is 0 Å². The van der Waals surface area contributed by atoms with Crippen LogP contribution in [-0.4, -0.2) is 17.4 Å². The molecule has 0 aromatic carbocycles. The molecule has 0 saturated heterocycles. The van der Waals surface area contributed by atoms with Crippen molar-refractivity contribution >= 4 is 11.6 Å². The quantitative estimate of drug-likeness (QED) is 0.570. The molecule has 0 aliphatic heterocycles. The van der Waals surface area contributed by atoms with Gasteiger partial charge < -0.3 is 11.1 Å². The Kier molecular flexibility index (Phi) is 4.34. The summed E-state index contributed by atoms with van der Waals surface area (Å²) >= 11 is 0. The van der Waals surface area contributed by atoms with E-state index in [0.29, 0.717) is 18.7 Å². The number of amides is 1. The lowest BCUT2D eigenvalue weighted by Gasteiger charge is -1.98. The summed E-state index contributed by atoms with van der Waals surface area (Å²) < 4.78 is 0. The van der Waals surface area contributed by atoms with E-state index in [1.165, 1.54) is 6.92 Å². The zero-order valence-corrected chi connectivity index (χ0v) is 9.50. The van der Waals surface area contributed by atoms with Crippen LogP contribution in [-0.2, 0) is 4.79 Å². The molecule has 0 spiro atoms. The van der Waals surface area contributed by atoms with Gasteiger partial charge in [-0.15, -0.1) is 0 Å². The number of aryl methyl sites for hydroxylation is 1. The fourth-order valence-corrected chi connectivity index (χ4v) is 1.08. The molecule has 3 N–H and O–H groups in total. The normalized spacial score (nSPS) is 9.12. The Hall–Kier alpha value is -2.02. The van der Waals surface area contributed by atoms with E-state index in [1.54, 1.807) is 12.3 Å². The van der Waals surface area contributed by atoms with Crippen LogP contribution in [0.4, 0.5) is 5.69 Å². The molecule has 16 heavy (non-hydrogen) atoms. The van der Waals surface area contributed by atoms with Crippen molar-refractivity contribution in [2.75, 3.05) is 12.3 Å². The van der Waals surface area contributed by atoms with Gasteiger partial charge in [0.05, 0.1) is 11.4 Å². The number of pyridine rings is 1. The second-order valence-corrected chi connectivity index (χ2v) is 3.43. The first-order valence-corrected chi connectivity index (χ1v) is 5.05. The highest BCUT2D eigenvalue weighted by Crippen LogP contribution is 2.08. The van der Waals surface area contributed by atoms with E-state index in [-0.39, 0.29) is 5.91 Å². The summed E-state index contributed by atoms with van der Waals surface area (Å²) in [6.07, 6.45) is 2.31. The SMILES string of the molecule is CC(=O)NCCC#Cc1cnc(C)c(N)c1. The van der Waals surface area contributed by atoms with Gasteiger partial charge in [-0.3, -0.25) is 9.78 Å². The van der Waals surface area contributed by atoms with E-state index in [9.17, 15) is 4.79 Å². The third-order valence-electron chi connectivity index (χ3n) is 1.98. The molecule has 1 aromatic rings. The smallest absolute Gasteiger partial charge is 0.216 e. The van der Waals surface area contributed by atoms with Gasteiger partial charge in [-0.05, 0) is 13.0 Å². The molecule has 0 aliphatic carbocycles. The monoisotopic (exact) mass is 217 g/mol. The van der Waals surface area contributed by atoms with Crippen molar-refractivity contribution in [3.8, 4) is 11.8 Å². The molecule has 0 atom stereocenters. The van der Waals surface area contributed by atoms with E-state index in [0.717, 1.165) is 11.3 Å². The molecule has 0 aliphatic rings. The van der Waals surface area contributed by atoms with E-state index in [1.807, 2.05) is 6.92 Å². The van der Waals surface area contributed by atoms with Crippen LogP contribution in [0.15, 0.2) is 12.3 Å². The largest absolute Gasteiger partial charge is 0.397 e. The lowest BCUT2D eigenvalue weighted by atomic mass is 10.2. The van der Waals surface area contributed by atoms with Gasteiger partial charge in [0.2, 0.25) is 5.91 Å². The average molecular weight is 217 g/mol. The van der Waals surface area contributed by atoms with Crippen LogP contribution >= 0.6 is 0 Å². The lowest BCUT2D eigenvalue weighted by molar-refractivity contribution is -0.118. The van der Waals surface area contributed by atoms with Crippen LogP contribution in [0.5, 0.6) is 0 Å². The van der Waals surface area contributed by atoms with Crippen molar-refractivity contribution in [1.29, 1.82) is 0 Å². The van der Waals surface area contributed by atoms with E-state index in [2.05, 4.69) is 22.1 Å². The molecular formula is C12H15N3O. The highest BCUT2D eigenvalue weighted by Gasteiger charge is 1.94. The molecule has 4 heteroatoms. The van der Waals surface area contributed by atoms with Crippen LogP contribution in [0.1, 0.15) is 24.6 Å². The predicted octanol–water partition coefficient (Wildman–Crippen LogP) is 0.850. The van der Waals surface area contributed by atoms with Gasteiger partial charge >= 0.3 is 0 Å². The average Bonchev–Trinajstić information content (AvgIpc) is 2.22. The Morgan fingerprint density at radius 2 is 2.38 bits per heavy atom. The standard InChI is InChI=1S/C12H15N3O/c1-9-12(13)7-11(8-15-9)5-3-4-6-14-10(2)16/h7-8H,4,6,13H2,1-2H3,(H,14,16). The molecule has 0 saturated carbocycles. The molecular weight excluding hydrogens is 202 g/mol. The highest BCUT2D eigenvalue weighted by atomic mass is 16.1. The molecule has 1 aromatic heterocycles. The maximum atomic E-state index is 10.6. The van der Waals surface area contributed by atoms with Crippen LogP contribution in [0, 0.1) is 18.8 Å². The minimum absolute atomic E-state index is 0.0388. The molecule has 0 radical (unpaired) electrons. The number of nitrogens with zero attached hydrogens (tertiary/aromatic N) is 1. The van der Waals surface area contributed by atoms with Crippen molar-refractivity contribution in [3.05, 3.63) is 23.5 Å². The van der Waals surface area contributed by atoms with Gasteiger partial charge in [0, 0.05) is 31.6 Å². The van der Waals surface area contributed by atoms with Gasteiger partial charge in [-0.2, -0.15) is 0 Å². The molecule has 0 bridgehead atoms. The summed E-state index contributed by atoms with van der Waals surface area (Å²) in [7, 11) is 0. The van der Waals surface area contributed by atoms with Crippen molar-refractivity contribution in [3.63, 3.8) is 0 Å². The predicted molar refractivity (Wildman–Crippen MR) is 63.6 cm³/mol.